The lowest BCUT2D eigenvalue weighted by molar-refractivity contribution is -0.128. The highest BCUT2D eigenvalue weighted by molar-refractivity contribution is 7.13. The summed E-state index contributed by atoms with van der Waals surface area (Å²) >= 11 is 1.30. The first-order valence-electron chi connectivity index (χ1n) is 12.5. The number of amides is 1. The van der Waals surface area contributed by atoms with Crippen LogP contribution < -0.4 is 0 Å². The summed E-state index contributed by atoms with van der Waals surface area (Å²) in [7, 11) is 0. The van der Waals surface area contributed by atoms with Crippen LogP contribution in [0.15, 0.2) is 54.6 Å². The molecule has 0 aliphatic carbocycles. The maximum absolute atomic E-state index is 12.4. The zero-order chi connectivity index (χ0) is 24.3. The van der Waals surface area contributed by atoms with Gasteiger partial charge in [-0.2, -0.15) is 0 Å². The Labute approximate surface area is 207 Å². The number of carbonyl (C=O) groups excluding carboxylic acids is 1. The summed E-state index contributed by atoms with van der Waals surface area (Å²) in [5.74, 6) is -0.537. The molecule has 1 aliphatic rings. The molecule has 1 aliphatic heterocycles. The maximum Gasteiger partial charge on any atom is 0.345 e. The van der Waals surface area contributed by atoms with E-state index in [1.54, 1.807) is 6.07 Å². The van der Waals surface area contributed by atoms with E-state index >= 15 is 0 Å². The minimum Gasteiger partial charge on any atom is -0.477 e. The Morgan fingerprint density at radius 1 is 1.12 bits per heavy atom. The van der Waals surface area contributed by atoms with Gasteiger partial charge in [0, 0.05) is 17.8 Å². The molecule has 0 bridgehead atoms. The molecule has 184 valence electrons. The van der Waals surface area contributed by atoms with Crippen LogP contribution in [0.25, 0.3) is 0 Å². The third kappa shape index (κ3) is 8.10. The van der Waals surface area contributed by atoms with Gasteiger partial charge in [0.25, 0.3) is 0 Å². The first-order valence-corrected chi connectivity index (χ1v) is 13.3. The van der Waals surface area contributed by atoms with E-state index in [0.717, 1.165) is 43.4 Å². The molecule has 0 radical (unpaired) electrons. The molecular weight excluding hydrogens is 446 g/mol. The van der Waals surface area contributed by atoms with Crippen molar-refractivity contribution in [2.75, 3.05) is 6.54 Å². The van der Waals surface area contributed by atoms with Crippen LogP contribution in [0.3, 0.4) is 0 Å². The Morgan fingerprint density at radius 3 is 2.65 bits per heavy atom. The first kappa shape index (κ1) is 26.2. The number of rotatable bonds is 14. The number of likely N-dealkylation sites (tertiary alicyclic amines) is 1. The van der Waals surface area contributed by atoms with Crippen LogP contribution in [0, 0.1) is 5.92 Å². The Bertz CT molecular complexity index is 939. The molecule has 2 aromatic rings. The molecule has 3 atom stereocenters. The number of aromatic carboxylic acids is 1. The molecule has 1 amide bonds. The largest absolute Gasteiger partial charge is 0.477 e. The van der Waals surface area contributed by atoms with Crippen molar-refractivity contribution in [1.29, 1.82) is 0 Å². The van der Waals surface area contributed by atoms with Crippen molar-refractivity contribution in [3.8, 4) is 0 Å². The molecule has 3 rings (SSSR count). The van der Waals surface area contributed by atoms with Crippen LogP contribution in [0.5, 0.6) is 0 Å². The lowest BCUT2D eigenvalue weighted by atomic mass is 9.95. The highest BCUT2D eigenvalue weighted by atomic mass is 32.1. The number of carboxylic acid groups (broad SMARTS) is 1. The number of benzene rings is 1. The zero-order valence-electron chi connectivity index (χ0n) is 20.1. The normalized spacial score (nSPS) is 18.0. The van der Waals surface area contributed by atoms with E-state index < -0.39 is 12.1 Å². The maximum atomic E-state index is 12.4. The van der Waals surface area contributed by atoms with Gasteiger partial charge in [-0.1, -0.05) is 62.2 Å². The van der Waals surface area contributed by atoms with Crippen molar-refractivity contribution >= 4 is 23.2 Å². The Morgan fingerprint density at radius 2 is 1.91 bits per heavy atom. The fourth-order valence-corrected chi connectivity index (χ4v) is 5.41. The molecule has 0 unspecified atom stereocenters. The SMILES string of the molecule is C[C@@H](CCCCCc1ccccc1)[C@H](O)/C=C/[C@H]1CCC(=O)N1CCCc1ccc(C(=O)O)s1. The predicted molar refractivity (Wildman–Crippen MR) is 137 cm³/mol. The van der Waals surface area contributed by atoms with Crippen molar-refractivity contribution in [3.63, 3.8) is 0 Å². The number of thiophene rings is 1. The summed E-state index contributed by atoms with van der Waals surface area (Å²) in [6.07, 6.45) is 11.8. The third-order valence-electron chi connectivity index (χ3n) is 6.65. The Balaban J connectivity index is 1.37. The molecule has 0 spiro atoms. The van der Waals surface area contributed by atoms with E-state index in [1.807, 2.05) is 29.2 Å². The molecule has 1 saturated heterocycles. The van der Waals surface area contributed by atoms with Crippen LogP contribution >= 0.6 is 11.3 Å². The number of unbranched alkanes of at least 4 members (excludes halogenated alkanes) is 2. The van der Waals surface area contributed by atoms with Crippen molar-refractivity contribution in [2.45, 2.75) is 76.9 Å². The number of aliphatic hydroxyl groups excluding tert-OH is 1. The summed E-state index contributed by atoms with van der Waals surface area (Å²) in [6.45, 7) is 2.75. The van der Waals surface area contributed by atoms with Gasteiger partial charge >= 0.3 is 5.97 Å². The van der Waals surface area contributed by atoms with E-state index in [0.29, 0.717) is 17.8 Å². The molecule has 6 heteroatoms. The van der Waals surface area contributed by atoms with E-state index in [2.05, 4.69) is 31.2 Å². The van der Waals surface area contributed by atoms with Gasteiger partial charge < -0.3 is 15.1 Å². The number of nitrogens with zero attached hydrogens (tertiary/aromatic N) is 1. The second kappa shape index (κ2) is 13.4. The molecule has 1 aromatic heterocycles. The van der Waals surface area contributed by atoms with E-state index in [-0.39, 0.29) is 17.9 Å². The Hall–Kier alpha value is -2.44. The fourth-order valence-electron chi connectivity index (χ4n) is 4.52. The summed E-state index contributed by atoms with van der Waals surface area (Å²) in [6, 6.07) is 14.1. The average molecular weight is 484 g/mol. The van der Waals surface area contributed by atoms with Crippen LogP contribution in [0.4, 0.5) is 0 Å². The van der Waals surface area contributed by atoms with Gasteiger partial charge in [-0.3, -0.25) is 4.79 Å². The van der Waals surface area contributed by atoms with Crippen molar-refractivity contribution in [3.05, 3.63) is 69.9 Å². The number of carbonyl (C=O) groups is 2. The fraction of sp³-hybridized carbons (Fsp3) is 0.500. The van der Waals surface area contributed by atoms with Crippen molar-refractivity contribution < 1.29 is 19.8 Å². The number of aliphatic hydroxyl groups is 1. The molecular formula is C28H37NO4S. The quantitative estimate of drug-likeness (QED) is 0.266. The lowest BCUT2D eigenvalue weighted by Gasteiger charge is -2.23. The second-order valence-corrected chi connectivity index (χ2v) is 10.5. The van der Waals surface area contributed by atoms with Gasteiger partial charge in [0.2, 0.25) is 5.91 Å². The van der Waals surface area contributed by atoms with E-state index in [9.17, 15) is 14.7 Å². The molecule has 5 nitrogen and oxygen atoms in total. The van der Waals surface area contributed by atoms with Crippen LogP contribution in [0.2, 0.25) is 0 Å². The third-order valence-corrected chi connectivity index (χ3v) is 7.78. The molecule has 1 aromatic carbocycles. The van der Waals surface area contributed by atoms with Crippen molar-refractivity contribution in [2.24, 2.45) is 5.92 Å². The Kier molecular flexibility index (Phi) is 10.4. The van der Waals surface area contributed by atoms with Crippen LogP contribution in [-0.2, 0) is 17.6 Å². The topological polar surface area (TPSA) is 77.8 Å². The monoisotopic (exact) mass is 483 g/mol. The van der Waals surface area contributed by atoms with Gasteiger partial charge in [0.15, 0.2) is 0 Å². The van der Waals surface area contributed by atoms with Gasteiger partial charge in [0.1, 0.15) is 4.88 Å². The zero-order valence-corrected chi connectivity index (χ0v) is 20.9. The van der Waals surface area contributed by atoms with Gasteiger partial charge in [-0.05, 0) is 62.1 Å². The van der Waals surface area contributed by atoms with Crippen molar-refractivity contribution in [1.82, 2.24) is 4.90 Å². The summed E-state index contributed by atoms with van der Waals surface area (Å²) in [5.41, 5.74) is 1.38. The summed E-state index contributed by atoms with van der Waals surface area (Å²) < 4.78 is 0. The number of hydrogen-bond acceptors (Lipinski definition) is 4. The number of hydrogen-bond donors (Lipinski definition) is 2. The lowest BCUT2D eigenvalue weighted by Crippen LogP contribution is -2.33. The standard InChI is InChI=1S/C28H37NO4S/c1-21(9-4-2-5-10-22-11-6-3-7-12-22)25(30)17-14-23-15-19-27(31)29(23)20-8-13-24-16-18-26(34-24)28(32)33/h3,6-7,11-12,14,16-18,21,23,25,30H,2,4-5,8-10,13,15,19-20H2,1H3,(H,32,33)/b17-14+/t21-,23-,25+/m0/s1. The number of carboxylic acids is 1. The molecule has 1 fully saturated rings. The number of aryl methyl sites for hydroxylation is 2. The summed E-state index contributed by atoms with van der Waals surface area (Å²) in [5, 5.41) is 19.7. The predicted octanol–water partition coefficient (Wildman–Crippen LogP) is 5.73. The smallest absolute Gasteiger partial charge is 0.345 e. The van der Waals surface area contributed by atoms with Crippen LogP contribution in [0.1, 0.15) is 72.0 Å². The highest BCUT2D eigenvalue weighted by Crippen LogP contribution is 2.23. The van der Waals surface area contributed by atoms with E-state index in [4.69, 9.17) is 5.11 Å². The van der Waals surface area contributed by atoms with E-state index in [1.165, 1.54) is 29.7 Å². The van der Waals surface area contributed by atoms with Crippen LogP contribution in [-0.4, -0.2) is 45.7 Å². The second-order valence-electron chi connectivity index (χ2n) is 9.31. The summed E-state index contributed by atoms with van der Waals surface area (Å²) in [4.78, 5) is 26.7. The average Bonchev–Trinajstić information content (AvgIpc) is 3.45. The minimum absolute atomic E-state index is 0.0399. The highest BCUT2D eigenvalue weighted by Gasteiger charge is 2.28. The first-order chi connectivity index (χ1) is 16.4. The van der Waals surface area contributed by atoms with Gasteiger partial charge in [-0.25, -0.2) is 4.79 Å². The van der Waals surface area contributed by atoms with Gasteiger partial charge in [0.05, 0.1) is 12.1 Å². The van der Waals surface area contributed by atoms with Gasteiger partial charge in [-0.15, -0.1) is 11.3 Å². The molecule has 2 N–H and O–H groups in total. The molecule has 0 saturated carbocycles. The minimum atomic E-state index is -0.892. The molecule has 2 heterocycles. The molecule has 34 heavy (non-hydrogen) atoms.